The number of aliphatic hydroxyl groups is 2. The first kappa shape index (κ1) is 37.3. The van der Waals surface area contributed by atoms with Crippen LogP contribution in [0.4, 0.5) is 0 Å². The first-order chi connectivity index (χ1) is 24.6. The highest BCUT2D eigenvalue weighted by atomic mass is 16.7. The lowest BCUT2D eigenvalue weighted by Crippen LogP contribution is -2.60. The zero-order chi connectivity index (χ0) is 36.6. The molecular weight excluding hydrogens is 652 g/mol. The summed E-state index contributed by atoms with van der Waals surface area (Å²) in [4.78, 5) is 5.35. The Hall–Kier alpha value is -0.320. The van der Waals surface area contributed by atoms with Crippen LogP contribution in [0, 0.1) is 56.7 Å². The highest BCUT2D eigenvalue weighted by Gasteiger charge is 2.84. The Morgan fingerprint density at radius 2 is 1.67 bits per heavy atom. The van der Waals surface area contributed by atoms with Crippen LogP contribution in [0.15, 0.2) is 0 Å². The van der Waals surface area contributed by atoms with Crippen molar-refractivity contribution in [3.8, 4) is 0 Å². The van der Waals surface area contributed by atoms with E-state index in [1.54, 1.807) is 0 Å². The van der Waals surface area contributed by atoms with E-state index in [-0.39, 0.29) is 40.8 Å². The largest absolute Gasteiger partial charge is 0.390 e. The van der Waals surface area contributed by atoms with Gasteiger partial charge in [-0.15, -0.1) is 0 Å². The van der Waals surface area contributed by atoms with Gasteiger partial charge in [0, 0.05) is 50.8 Å². The molecule has 9 rings (SSSR count). The van der Waals surface area contributed by atoms with Gasteiger partial charge in [-0.2, -0.15) is 0 Å². The van der Waals surface area contributed by atoms with Crippen molar-refractivity contribution in [1.82, 2.24) is 9.80 Å². The third-order valence-corrected chi connectivity index (χ3v) is 18.7. The Morgan fingerprint density at radius 1 is 0.942 bits per heavy atom. The predicted octanol–water partition coefficient (Wildman–Crippen LogP) is 6.50. The van der Waals surface area contributed by atoms with Crippen molar-refractivity contribution in [1.29, 1.82) is 0 Å². The molecule has 8 heteroatoms. The minimum Gasteiger partial charge on any atom is -0.390 e. The number of likely N-dealkylation sites (tertiary alicyclic amines) is 1. The van der Waals surface area contributed by atoms with Crippen molar-refractivity contribution < 1.29 is 29.2 Å². The lowest BCUT2D eigenvalue weighted by molar-refractivity contribution is -0.250. The number of hydrogen-bond donors (Lipinski definition) is 2. The summed E-state index contributed by atoms with van der Waals surface area (Å²) in [6, 6.07) is 0.882. The smallest absolute Gasteiger partial charge is 0.170 e. The molecule has 296 valence electrons. The molecule has 0 radical (unpaired) electrons. The average molecular weight is 727 g/mol. The van der Waals surface area contributed by atoms with Gasteiger partial charge >= 0.3 is 0 Å². The number of hydrogen-bond acceptors (Lipinski definition) is 8. The van der Waals surface area contributed by atoms with E-state index >= 15 is 0 Å². The van der Waals surface area contributed by atoms with Gasteiger partial charge in [0.15, 0.2) is 6.29 Å². The van der Waals surface area contributed by atoms with Gasteiger partial charge in [-0.05, 0) is 136 Å². The van der Waals surface area contributed by atoms with Gasteiger partial charge in [-0.1, -0.05) is 41.0 Å². The molecule has 6 aliphatic carbocycles. The van der Waals surface area contributed by atoms with Crippen molar-refractivity contribution in [2.24, 2.45) is 56.7 Å². The molecule has 8 nitrogen and oxygen atoms in total. The van der Waals surface area contributed by atoms with E-state index in [4.69, 9.17) is 18.9 Å². The summed E-state index contributed by atoms with van der Waals surface area (Å²) < 4.78 is 26.5. The summed E-state index contributed by atoms with van der Waals surface area (Å²) in [6.45, 7) is 25.2. The van der Waals surface area contributed by atoms with E-state index < -0.39 is 17.8 Å². The maximum atomic E-state index is 12.7. The van der Waals surface area contributed by atoms with Crippen LogP contribution < -0.4 is 0 Å². The van der Waals surface area contributed by atoms with Gasteiger partial charge in [0.1, 0.15) is 6.10 Å². The molecule has 3 saturated heterocycles. The Morgan fingerprint density at radius 3 is 2.37 bits per heavy atom. The van der Waals surface area contributed by atoms with E-state index in [0.717, 1.165) is 44.5 Å². The quantitative estimate of drug-likeness (QED) is 0.279. The highest BCUT2D eigenvalue weighted by molar-refractivity contribution is 5.33. The molecule has 9 aliphatic rings. The molecule has 3 heterocycles. The fourth-order valence-electron chi connectivity index (χ4n) is 15.9. The van der Waals surface area contributed by atoms with Crippen molar-refractivity contribution in [3.05, 3.63) is 0 Å². The Kier molecular flexibility index (Phi) is 9.02. The lowest BCUT2D eigenvalue weighted by Gasteiger charge is -2.64. The molecule has 0 amide bonds. The molecule has 0 aromatic heterocycles. The first-order valence-corrected chi connectivity index (χ1v) is 22.0. The summed E-state index contributed by atoms with van der Waals surface area (Å²) in [5, 5.41) is 23.8. The van der Waals surface area contributed by atoms with Crippen molar-refractivity contribution in [2.75, 3.05) is 45.9 Å². The molecule has 14 atom stereocenters. The normalized spacial score (nSPS) is 51.2. The maximum Gasteiger partial charge on any atom is 0.170 e. The standard InChI is InChI=1S/C44H74N2O6/c1-9-49-38(40(5,6)48)30-21-27(2)35-36(51-30)37(47)42(8)32-14-13-31-39(3,4)33(15-16-43(31)26-44(32,43)18-17-41(35,42)7)52-34-25-45(19-20-50-34)22-28-23-46(24-28)29-11-10-12-29/h27-38,47-48H,9-26H2,1-8H3/t27-,30?,31+,32?,33+,34+,35+,36?,37+,38+,41-,42-,43-,44+/m1/s1. The van der Waals surface area contributed by atoms with Gasteiger partial charge in [0.25, 0.3) is 0 Å². The number of ether oxygens (including phenoxy) is 4. The van der Waals surface area contributed by atoms with Gasteiger partial charge in [0.2, 0.25) is 0 Å². The molecule has 2 N–H and O–H groups in total. The number of aliphatic hydroxyl groups excluding tert-OH is 1. The van der Waals surface area contributed by atoms with Crippen LogP contribution in [0.5, 0.6) is 0 Å². The second kappa shape index (κ2) is 12.6. The highest BCUT2D eigenvalue weighted by Crippen LogP contribution is 2.89. The van der Waals surface area contributed by atoms with E-state index in [0.29, 0.717) is 41.1 Å². The molecule has 9 fully saturated rings. The fourth-order valence-corrected chi connectivity index (χ4v) is 15.9. The second-order valence-electron chi connectivity index (χ2n) is 21.7. The van der Waals surface area contributed by atoms with Crippen LogP contribution >= 0.6 is 0 Å². The maximum absolute atomic E-state index is 12.7. The van der Waals surface area contributed by atoms with E-state index in [2.05, 4.69) is 44.4 Å². The van der Waals surface area contributed by atoms with Crippen LogP contribution in [0.25, 0.3) is 0 Å². The van der Waals surface area contributed by atoms with Crippen molar-refractivity contribution >= 4 is 0 Å². The average Bonchev–Trinajstić information content (AvgIpc) is 3.67. The summed E-state index contributed by atoms with van der Waals surface area (Å²) in [5.41, 5.74) is -0.401. The van der Waals surface area contributed by atoms with E-state index in [9.17, 15) is 10.2 Å². The zero-order valence-corrected chi connectivity index (χ0v) is 34.1. The number of fused-ring (bicyclic) bond motifs is 4. The Balaban J connectivity index is 0.887. The first-order valence-electron chi connectivity index (χ1n) is 22.0. The van der Waals surface area contributed by atoms with Gasteiger partial charge < -0.3 is 29.2 Å². The van der Waals surface area contributed by atoms with E-state index in [1.165, 1.54) is 77.4 Å². The van der Waals surface area contributed by atoms with Crippen molar-refractivity contribution in [3.63, 3.8) is 0 Å². The molecule has 0 aromatic carbocycles. The second-order valence-corrected chi connectivity index (χ2v) is 21.7. The molecule has 3 aliphatic heterocycles. The molecule has 2 spiro atoms. The van der Waals surface area contributed by atoms with Gasteiger partial charge in [-0.25, -0.2) is 0 Å². The molecular formula is C44H74N2O6. The zero-order valence-electron chi connectivity index (χ0n) is 34.1. The number of nitrogens with zero attached hydrogens (tertiary/aromatic N) is 2. The molecule has 0 aromatic rings. The molecule has 52 heavy (non-hydrogen) atoms. The van der Waals surface area contributed by atoms with Gasteiger partial charge in [-0.3, -0.25) is 9.80 Å². The topological polar surface area (TPSA) is 83.9 Å². The summed E-state index contributed by atoms with van der Waals surface area (Å²) in [5.74, 6) is 2.68. The fraction of sp³-hybridized carbons (Fsp3) is 1.00. The third kappa shape index (κ3) is 5.19. The minimum atomic E-state index is -1.01. The van der Waals surface area contributed by atoms with Crippen LogP contribution in [-0.4, -0.2) is 114 Å². The van der Waals surface area contributed by atoms with Crippen LogP contribution in [-0.2, 0) is 18.9 Å². The number of morpholine rings is 1. The summed E-state index contributed by atoms with van der Waals surface area (Å²) in [7, 11) is 0. The Labute approximate surface area is 315 Å². The lowest BCUT2D eigenvalue weighted by atomic mass is 9.41. The van der Waals surface area contributed by atoms with Crippen molar-refractivity contribution in [2.45, 2.75) is 174 Å². The number of rotatable bonds is 9. The SMILES string of the molecule is CCO[C@@H](C1C[C@@H](C)[C@H]2C(O1)[C@H](O)[C@@]1(C)C3CC[C@H]4C(C)(C)[C@@H](O[C@H]5CN(CC6CN(C7CCC7)C6)CCO5)CC[C@@]45C[C@@]35CC[C@]21C)C(C)(C)O. The third-order valence-electron chi connectivity index (χ3n) is 18.7. The monoisotopic (exact) mass is 727 g/mol. The van der Waals surface area contributed by atoms with Crippen LogP contribution in [0.1, 0.15) is 126 Å². The van der Waals surface area contributed by atoms with E-state index in [1.807, 2.05) is 20.8 Å². The molecule has 3 unspecified atom stereocenters. The summed E-state index contributed by atoms with van der Waals surface area (Å²) >= 11 is 0. The summed E-state index contributed by atoms with van der Waals surface area (Å²) in [6.07, 6.45) is 12.5. The molecule has 6 saturated carbocycles. The van der Waals surface area contributed by atoms with Crippen LogP contribution in [0.3, 0.4) is 0 Å². The van der Waals surface area contributed by atoms with Crippen LogP contribution in [0.2, 0.25) is 0 Å². The molecule has 0 bridgehead atoms. The minimum absolute atomic E-state index is 0.0266. The predicted molar refractivity (Wildman–Crippen MR) is 202 cm³/mol. The van der Waals surface area contributed by atoms with Gasteiger partial charge in [0.05, 0.1) is 36.6 Å². The Bertz CT molecular complexity index is 1340.